The molecule has 0 saturated carbocycles. The fourth-order valence-electron chi connectivity index (χ4n) is 2.39. The molecule has 2 aromatic rings. The van der Waals surface area contributed by atoms with E-state index in [1.807, 2.05) is 31.2 Å². The van der Waals surface area contributed by atoms with E-state index in [2.05, 4.69) is 0 Å². The van der Waals surface area contributed by atoms with Crippen LogP contribution in [0.5, 0.6) is 5.75 Å². The molecule has 25 heavy (non-hydrogen) atoms. The first-order valence-electron chi connectivity index (χ1n) is 7.85. The summed E-state index contributed by atoms with van der Waals surface area (Å²) in [5.41, 5.74) is 1.24. The van der Waals surface area contributed by atoms with E-state index in [1.54, 1.807) is 30.3 Å². The maximum absolute atomic E-state index is 12.7. The van der Waals surface area contributed by atoms with Crippen molar-refractivity contribution in [3.8, 4) is 5.75 Å². The number of rotatable bonds is 5. The topological polar surface area (TPSA) is 46.6 Å². The maximum Gasteiger partial charge on any atom is 0.298 e. The lowest BCUT2D eigenvalue weighted by Gasteiger charge is -2.12. The van der Waals surface area contributed by atoms with Gasteiger partial charge in [-0.3, -0.25) is 9.59 Å². The highest BCUT2D eigenvalue weighted by atomic mass is 35.5. The number of hydrogen-bond donors (Lipinski definition) is 0. The highest BCUT2D eigenvalue weighted by Gasteiger charge is 2.36. The van der Waals surface area contributed by atoms with Gasteiger partial charge in [0.05, 0.1) is 17.2 Å². The number of ether oxygens (including phenoxy) is 1. The van der Waals surface area contributed by atoms with Crippen LogP contribution in [0.1, 0.15) is 18.9 Å². The summed E-state index contributed by atoms with van der Waals surface area (Å²) in [5, 5.41) is 0.129. The molecular formula is C19H16ClNO3S. The molecule has 128 valence electrons. The van der Waals surface area contributed by atoms with E-state index in [0.717, 1.165) is 28.6 Å². The van der Waals surface area contributed by atoms with Gasteiger partial charge in [0.2, 0.25) is 0 Å². The van der Waals surface area contributed by atoms with Crippen molar-refractivity contribution in [3.05, 3.63) is 64.0 Å². The Labute approximate surface area is 155 Å². The van der Waals surface area contributed by atoms with Gasteiger partial charge in [0.15, 0.2) is 0 Å². The predicted molar refractivity (Wildman–Crippen MR) is 102 cm³/mol. The summed E-state index contributed by atoms with van der Waals surface area (Å²) in [6.45, 7) is 2.62. The molecule has 0 radical (unpaired) electrons. The van der Waals surface area contributed by atoms with Gasteiger partial charge in [-0.1, -0.05) is 42.8 Å². The Hall–Kier alpha value is -2.24. The monoisotopic (exact) mass is 373 g/mol. The number of nitrogens with zero attached hydrogens (tertiary/aromatic N) is 1. The van der Waals surface area contributed by atoms with Gasteiger partial charge in [0.1, 0.15) is 5.75 Å². The molecule has 1 aliphatic rings. The molecule has 4 nitrogen and oxygen atoms in total. The maximum atomic E-state index is 12.7. The molecule has 2 aromatic carbocycles. The number of amides is 2. The quantitative estimate of drug-likeness (QED) is 0.661. The third-order valence-electron chi connectivity index (χ3n) is 3.53. The van der Waals surface area contributed by atoms with Crippen LogP contribution in [0.4, 0.5) is 10.5 Å². The second kappa shape index (κ2) is 7.76. The van der Waals surface area contributed by atoms with Crippen LogP contribution in [0.15, 0.2) is 53.4 Å². The van der Waals surface area contributed by atoms with Crippen LogP contribution < -0.4 is 9.64 Å². The number of anilines is 1. The minimum absolute atomic E-state index is 0.342. The van der Waals surface area contributed by atoms with Crippen LogP contribution in [0.3, 0.4) is 0 Å². The number of halogens is 1. The predicted octanol–water partition coefficient (Wildman–Crippen LogP) is 5.37. The third-order valence-corrected chi connectivity index (χ3v) is 4.63. The van der Waals surface area contributed by atoms with Crippen molar-refractivity contribution in [1.82, 2.24) is 0 Å². The van der Waals surface area contributed by atoms with E-state index >= 15 is 0 Å². The molecule has 0 aliphatic carbocycles. The fourth-order valence-corrected chi connectivity index (χ4v) is 3.41. The summed E-state index contributed by atoms with van der Waals surface area (Å²) in [5.74, 6) is 0.335. The van der Waals surface area contributed by atoms with E-state index in [-0.39, 0.29) is 11.1 Å². The van der Waals surface area contributed by atoms with Crippen molar-refractivity contribution < 1.29 is 14.3 Å². The number of benzene rings is 2. The van der Waals surface area contributed by atoms with Crippen LogP contribution in [-0.4, -0.2) is 17.8 Å². The summed E-state index contributed by atoms with van der Waals surface area (Å²) < 4.78 is 5.70. The number of para-hydroxylation sites is 1. The zero-order chi connectivity index (χ0) is 17.8. The standard InChI is InChI=1S/C19H16ClNO3S/c1-2-10-24-16-9-4-3-6-13(16)11-17-18(22)21(19(23)25-17)15-8-5-7-14(20)12-15/h3-9,11-12H,2,10H2,1H3/b17-11-. The number of carbonyl (C=O) groups is 2. The first-order valence-corrected chi connectivity index (χ1v) is 9.05. The van der Waals surface area contributed by atoms with E-state index in [0.29, 0.717) is 28.0 Å². The molecular weight excluding hydrogens is 358 g/mol. The van der Waals surface area contributed by atoms with E-state index in [1.165, 1.54) is 0 Å². The average molecular weight is 374 g/mol. The Kier molecular flexibility index (Phi) is 5.46. The van der Waals surface area contributed by atoms with Crippen LogP contribution in [0.25, 0.3) is 6.08 Å². The normalized spacial score (nSPS) is 15.9. The molecule has 1 heterocycles. The Morgan fingerprint density at radius 1 is 1.16 bits per heavy atom. The van der Waals surface area contributed by atoms with Crippen LogP contribution in [0, 0.1) is 0 Å². The molecule has 6 heteroatoms. The zero-order valence-electron chi connectivity index (χ0n) is 13.6. The molecule has 1 saturated heterocycles. The summed E-state index contributed by atoms with van der Waals surface area (Å²) >= 11 is 6.88. The van der Waals surface area contributed by atoms with Crippen LogP contribution in [-0.2, 0) is 4.79 Å². The summed E-state index contributed by atoms with van der Waals surface area (Å²) in [6.07, 6.45) is 2.58. The van der Waals surface area contributed by atoms with E-state index < -0.39 is 0 Å². The van der Waals surface area contributed by atoms with Crippen molar-refractivity contribution in [2.24, 2.45) is 0 Å². The Bertz CT molecular complexity index is 850. The molecule has 1 fully saturated rings. The molecule has 0 N–H and O–H groups in total. The fraction of sp³-hybridized carbons (Fsp3) is 0.158. The Morgan fingerprint density at radius 2 is 1.96 bits per heavy atom. The summed E-state index contributed by atoms with van der Waals surface area (Å²) in [7, 11) is 0. The van der Waals surface area contributed by atoms with Crippen LogP contribution >= 0.6 is 23.4 Å². The largest absolute Gasteiger partial charge is 0.493 e. The molecule has 0 atom stereocenters. The van der Waals surface area contributed by atoms with Gasteiger partial charge in [-0.05, 0) is 48.5 Å². The van der Waals surface area contributed by atoms with Crippen molar-refractivity contribution in [3.63, 3.8) is 0 Å². The molecule has 3 rings (SSSR count). The third kappa shape index (κ3) is 3.89. The summed E-state index contributed by atoms with van der Waals surface area (Å²) in [6, 6.07) is 14.1. The van der Waals surface area contributed by atoms with Crippen molar-refractivity contribution in [2.45, 2.75) is 13.3 Å². The number of hydrogen-bond acceptors (Lipinski definition) is 4. The number of thioether (sulfide) groups is 1. The average Bonchev–Trinajstić information content (AvgIpc) is 2.88. The van der Waals surface area contributed by atoms with Crippen LogP contribution in [0.2, 0.25) is 5.02 Å². The van der Waals surface area contributed by atoms with E-state index in [4.69, 9.17) is 16.3 Å². The molecule has 1 aliphatic heterocycles. The lowest BCUT2D eigenvalue weighted by molar-refractivity contribution is -0.113. The smallest absolute Gasteiger partial charge is 0.298 e. The van der Waals surface area contributed by atoms with Gasteiger partial charge in [-0.15, -0.1) is 0 Å². The van der Waals surface area contributed by atoms with Gasteiger partial charge in [-0.2, -0.15) is 0 Å². The molecule has 0 aromatic heterocycles. The second-order valence-electron chi connectivity index (χ2n) is 5.38. The first kappa shape index (κ1) is 17.6. The second-order valence-corrected chi connectivity index (χ2v) is 6.81. The minimum Gasteiger partial charge on any atom is -0.493 e. The zero-order valence-corrected chi connectivity index (χ0v) is 15.1. The van der Waals surface area contributed by atoms with Gasteiger partial charge in [0.25, 0.3) is 11.1 Å². The summed E-state index contributed by atoms with van der Waals surface area (Å²) in [4.78, 5) is 26.5. The molecule has 0 unspecified atom stereocenters. The van der Waals surface area contributed by atoms with Crippen molar-refractivity contribution >= 4 is 46.3 Å². The highest BCUT2D eigenvalue weighted by molar-refractivity contribution is 8.19. The van der Waals surface area contributed by atoms with Gasteiger partial charge in [-0.25, -0.2) is 4.90 Å². The van der Waals surface area contributed by atoms with Gasteiger partial charge >= 0.3 is 0 Å². The van der Waals surface area contributed by atoms with Gasteiger partial charge < -0.3 is 4.74 Å². The van der Waals surface area contributed by atoms with Crippen molar-refractivity contribution in [1.29, 1.82) is 0 Å². The van der Waals surface area contributed by atoms with E-state index in [9.17, 15) is 9.59 Å². The molecule has 0 bridgehead atoms. The van der Waals surface area contributed by atoms with Gasteiger partial charge in [0, 0.05) is 10.6 Å². The first-order chi connectivity index (χ1) is 12.1. The number of carbonyl (C=O) groups excluding carboxylic acids is 2. The number of imide groups is 1. The SMILES string of the molecule is CCCOc1ccccc1/C=C1\SC(=O)N(c2cccc(Cl)c2)C1=O. The lowest BCUT2D eigenvalue weighted by Crippen LogP contribution is -2.27. The minimum atomic E-state index is -0.359. The molecule has 2 amide bonds. The lowest BCUT2D eigenvalue weighted by atomic mass is 10.2. The Morgan fingerprint density at radius 3 is 2.72 bits per heavy atom. The Balaban J connectivity index is 1.91. The molecule has 0 spiro atoms. The highest BCUT2D eigenvalue weighted by Crippen LogP contribution is 2.37. The van der Waals surface area contributed by atoms with Crippen molar-refractivity contribution in [2.75, 3.05) is 11.5 Å².